The SMILES string of the molecule is O=C1NC(c2ccc(C(F)(F)P)nc2C2CC2)=NC12CCNCC2. The first-order valence-electron chi connectivity index (χ1n) is 8.20. The molecule has 8 heteroatoms. The number of pyridine rings is 1. The molecule has 0 radical (unpaired) electrons. The van der Waals surface area contributed by atoms with Crippen molar-refractivity contribution in [2.45, 2.75) is 42.8 Å². The Balaban J connectivity index is 1.74. The Hall–Kier alpha value is -1.46. The van der Waals surface area contributed by atoms with E-state index in [1.54, 1.807) is 6.07 Å². The van der Waals surface area contributed by atoms with Crippen molar-refractivity contribution in [2.75, 3.05) is 13.1 Å². The summed E-state index contributed by atoms with van der Waals surface area (Å²) in [5.74, 6) is 0.563. The van der Waals surface area contributed by atoms with E-state index in [-0.39, 0.29) is 17.5 Å². The van der Waals surface area contributed by atoms with Gasteiger partial charge in [-0.15, -0.1) is 0 Å². The van der Waals surface area contributed by atoms with Crippen LogP contribution in [-0.4, -0.2) is 35.4 Å². The predicted molar refractivity (Wildman–Crippen MR) is 89.3 cm³/mol. The molecule has 0 bridgehead atoms. The highest BCUT2D eigenvalue weighted by Gasteiger charge is 2.45. The summed E-state index contributed by atoms with van der Waals surface area (Å²) >= 11 is 0. The quantitative estimate of drug-likeness (QED) is 0.817. The van der Waals surface area contributed by atoms with E-state index in [0.29, 0.717) is 29.9 Å². The van der Waals surface area contributed by atoms with E-state index in [2.05, 4.69) is 20.6 Å². The van der Waals surface area contributed by atoms with Gasteiger partial charge < -0.3 is 10.6 Å². The van der Waals surface area contributed by atoms with Gasteiger partial charge in [0.2, 0.25) is 0 Å². The molecule has 1 aromatic rings. The smallest absolute Gasteiger partial charge is 0.300 e. The number of carbonyl (C=O) groups is 1. The lowest BCUT2D eigenvalue weighted by Gasteiger charge is -2.28. The molecule has 1 aromatic heterocycles. The highest BCUT2D eigenvalue weighted by molar-refractivity contribution is 7.17. The first-order valence-corrected chi connectivity index (χ1v) is 8.77. The molecule has 1 saturated heterocycles. The van der Waals surface area contributed by atoms with Crippen molar-refractivity contribution in [3.05, 3.63) is 29.1 Å². The zero-order valence-electron chi connectivity index (χ0n) is 13.1. The minimum atomic E-state index is -3.06. The van der Waals surface area contributed by atoms with Crippen LogP contribution in [0.2, 0.25) is 0 Å². The number of amidine groups is 1. The van der Waals surface area contributed by atoms with Crippen LogP contribution in [0.3, 0.4) is 0 Å². The molecule has 1 saturated carbocycles. The number of piperidine rings is 1. The third-order valence-electron chi connectivity index (χ3n) is 4.90. The van der Waals surface area contributed by atoms with Crippen molar-refractivity contribution in [3.63, 3.8) is 0 Å². The van der Waals surface area contributed by atoms with Crippen LogP contribution >= 0.6 is 9.24 Å². The first kappa shape index (κ1) is 16.0. The van der Waals surface area contributed by atoms with Crippen LogP contribution in [0, 0.1) is 0 Å². The van der Waals surface area contributed by atoms with Gasteiger partial charge in [-0.3, -0.25) is 14.8 Å². The van der Waals surface area contributed by atoms with E-state index in [4.69, 9.17) is 0 Å². The van der Waals surface area contributed by atoms with E-state index in [9.17, 15) is 13.6 Å². The van der Waals surface area contributed by atoms with Gasteiger partial charge in [0.05, 0.1) is 5.69 Å². The molecule has 2 fully saturated rings. The summed E-state index contributed by atoms with van der Waals surface area (Å²) in [6.07, 6.45) is 3.16. The molecule has 5 nitrogen and oxygen atoms in total. The summed E-state index contributed by atoms with van der Waals surface area (Å²) in [5, 5.41) is 6.09. The van der Waals surface area contributed by atoms with E-state index >= 15 is 0 Å². The van der Waals surface area contributed by atoms with Gasteiger partial charge in [0.25, 0.3) is 11.6 Å². The Morgan fingerprint density at radius 3 is 2.58 bits per heavy atom. The summed E-state index contributed by atoms with van der Waals surface area (Å²) in [6.45, 7) is 1.49. The topological polar surface area (TPSA) is 66.4 Å². The average molecular weight is 352 g/mol. The normalized spacial score (nSPS) is 23.3. The molecule has 1 spiro atoms. The Labute approximate surface area is 140 Å². The maximum absolute atomic E-state index is 13.6. The lowest BCUT2D eigenvalue weighted by atomic mass is 9.89. The molecule has 4 rings (SSSR count). The number of aliphatic imine (C=N–C) groups is 1. The lowest BCUT2D eigenvalue weighted by molar-refractivity contribution is -0.124. The van der Waals surface area contributed by atoms with Crippen molar-refractivity contribution in [3.8, 4) is 0 Å². The monoisotopic (exact) mass is 352 g/mol. The molecule has 2 aliphatic heterocycles. The second kappa shape index (κ2) is 5.53. The van der Waals surface area contributed by atoms with Crippen LogP contribution in [0.25, 0.3) is 0 Å². The van der Waals surface area contributed by atoms with E-state index in [1.165, 1.54) is 15.3 Å². The molecule has 2 N–H and O–H groups in total. The minimum absolute atomic E-state index is 0.0961. The van der Waals surface area contributed by atoms with Gasteiger partial charge in [-0.05, 0) is 50.9 Å². The number of alkyl halides is 2. The number of nitrogens with one attached hydrogen (secondary N) is 2. The van der Waals surface area contributed by atoms with Gasteiger partial charge >= 0.3 is 0 Å². The largest absolute Gasteiger partial charge is 0.317 e. The highest BCUT2D eigenvalue weighted by Crippen LogP contribution is 2.43. The van der Waals surface area contributed by atoms with Gasteiger partial charge in [-0.25, -0.2) is 0 Å². The van der Waals surface area contributed by atoms with Crippen LogP contribution in [0.15, 0.2) is 17.1 Å². The van der Waals surface area contributed by atoms with Crippen LogP contribution in [-0.2, 0) is 10.5 Å². The fraction of sp³-hybridized carbons (Fsp3) is 0.562. The molecule has 1 atom stereocenters. The Morgan fingerprint density at radius 1 is 1.25 bits per heavy atom. The third kappa shape index (κ3) is 2.74. The second-order valence-corrected chi connectivity index (χ2v) is 7.45. The highest BCUT2D eigenvalue weighted by atomic mass is 31.0. The molecular weight excluding hydrogens is 333 g/mol. The number of nitrogens with zero attached hydrogens (tertiary/aromatic N) is 2. The molecule has 3 aliphatic rings. The molecular formula is C16H19F2N4OP. The second-order valence-electron chi connectivity index (χ2n) is 6.72. The standard InChI is InChI=1S/C16H19F2N4OP/c17-16(18,24)11-4-3-10(12(20-11)9-1-2-9)13-21-14(23)15(22-13)5-7-19-8-6-15/h3-4,9,19H,1-2,5-8,24H2,(H,21,22,23). The number of amides is 1. The third-order valence-corrected chi connectivity index (χ3v) is 5.19. The summed E-state index contributed by atoms with van der Waals surface area (Å²) in [7, 11) is 1.52. The Bertz CT molecular complexity index is 721. The van der Waals surface area contributed by atoms with Gasteiger partial charge in [-0.2, -0.15) is 8.78 Å². The number of hydrogen-bond donors (Lipinski definition) is 2. The van der Waals surface area contributed by atoms with Crippen molar-refractivity contribution in [1.29, 1.82) is 0 Å². The molecule has 3 heterocycles. The van der Waals surface area contributed by atoms with Crippen LogP contribution < -0.4 is 10.6 Å². The van der Waals surface area contributed by atoms with Crippen LogP contribution in [0.4, 0.5) is 8.78 Å². The molecule has 0 aromatic carbocycles. The maximum atomic E-state index is 13.6. The zero-order chi connectivity index (χ0) is 16.9. The first-order chi connectivity index (χ1) is 11.4. The van der Waals surface area contributed by atoms with Crippen molar-refractivity contribution in [1.82, 2.24) is 15.6 Å². The summed E-state index contributed by atoms with van der Waals surface area (Å²) in [6, 6.07) is 2.93. The predicted octanol–water partition coefficient (Wildman–Crippen LogP) is 1.88. The number of hydrogen-bond acceptors (Lipinski definition) is 4. The maximum Gasteiger partial charge on any atom is 0.300 e. The van der Waals surface area contributed by atoms with Crippen molar-refractivity contribution >= 4 is 21.0 Å². The van der Waals surface area contributed by atoms with Crippen molar-refractivity contribution < 1.29 is 13.6 Å². The fourth-order valence-electron chi connectivity index (χ4n) is 3.35. The minimum Gasteiger partial charge on any atom is -0.317 e. The van der Waals surface area contributed by atoms with Gasteiger partial charge in [0, 0.05) is 11.5 Å². The van der Waals surface area contributed by atoms with E-state index in [0.717, 1.165) is 25.9 Å². The molecule has 1 amide bonds. The number of carbonyl (C=O) groups excluding carboxylic acids is 1. The fourth-order valence-corrected chi connectivity index (χ4v) is 3.51. The Kier molecular flexibility index (Phi) is 3.69. The molecule has 1 unspecified atom stereocenters. The number of halogens is 2. The Morgan fingerprint density at radius 2 is 1.96 bits per heavy atom. The van der Waals surface area contributed by atoms with E-state index in [1.807, 2.05) is 0 Å². The molecule has 24 heavy (non-hydrogen) atoms. The summed E-state index contributed by atoms with van der Waals surface area (Å²) in [4.78, 5) is 21.3. The summed E-state index contributed by atoms with van der Waals surface area (Å²) in [5.41, 5.74) is -2.73. The van der Waals surface area contributed by atoms with E-state index < -0.39 is 11.2 Å². The molecule has 128 valence electrons. The zero-order valence-corrected chi connectivity index (χ0v) is 14.3. The van der Waals surface area contributed by atoms with Crippen molar-refractivity contribution in [2.24, 2.45) is 4.99 Å². The van der Waals surface area contributed by atoms with Crippen LogP contribution in [0.1, 0.15) is 48.6 Å². The van der Waals surface area contributed by atoms with Gasteiger partial charge in [-0.1, -0.05) is 9.24 Å². The van der Waals surface area contributed by atoms with Crippen LogP contribution in [0.5, 0.6) is 0 Å². The average Bonchev–Trinajstić information content (AvgIpc) is 3.34. The van der Waals surface area contributed by atoms with Gasteiger partial charge in [0.1, 0.15) is 17.1 Å². The number of aromatic nitrogens is 1. The molecule has 1 aliphatic carbocycles. The lowest BCUT2D eigenvalue weighted by Crippen LogP contribution is -2.47. The van der Waals surface area contributed by atoms with Gasteiger partial charge in [0.15, 0.2) is 0 Å². The number of rotatable bonds is 3. The summed E-state index contributed by atoms with van der Waals surface area (Å²) < 4.78 is 27.1.